The molecule has 276 valence electrons. The Morgan fingerprint density at radius 2 is 0.741 bits per heavy atom. The first-order chi connectivity index (χ1) is 25.2. The molecule has 0 bridgehead atoms. The van der Waals surface area contributed by atoms with Gasteiger partial charge in [-0.3, -0.25) is 0 Å². The number of halogens is 2. The first-order valence-corrected chi connectivity index (χ1v) is 19.2. The predicted molar refractivity (Wildman–Crippen MR) is 223 cm³/mol. The zero-order valence-corrected chi connectivity index (χ0v) is 36.1. The molecular weight excluding hydrogens is 862 g/mol. The Morgan fingerprint density at radius 3 is 1.13 bits per heavy atom. The second-order valence-electron chi connectivity index (χ2n) is 14.6. The van der Waals surface area contributed by atoms with Crippen LogP contribution in [0.4, 0.5) is 0 Å². The van der Waals surface area contributed by atoms with Crippen LogP contribution in [0.15, 0.2) is 146 Å². The van der Waals surface area contributed by atoms with E-state index in [9.17, 15) is 0 Å². The summed E-state index contributed by atoms with van der Waals surface area (Å²) in [6.07, 6.45) is 11.8. The smallest absolute Gasteiger partial charge is 0 e. The maximum Gasteiger partial charge on any atom is 0 e. The zero-order valence-electron chi connectivity index (χ0n) is 31.0. The first-order valence-electron chi connectivity index (χ1n) is 19.2. The predicted octanol–water partition coefficient (Wildman–Crippen LogP) is 9.12. The number of rotatable bonds is 4. The van der Waals surface area contributed by atoms with Crippen LogP contribution >= 0.6 is 0 Å². The molecule has 0 N–H and O–H groups in total. The van der Waals surface area contributed by atoms with E-state index in [4.69, 9.17) is 0 Å². The number of hydrogen-bond donors (Lipinski definition) is 0. The van der Waals surface area contributed by atoms with Gasteiger partial charge in [0.2, 0.25) is 0 Å². The van der Waals surface area contributed by atoms with Gasteiger partial charge in [0.05, 0.1) is 0 Å². The maximum absolute atomic E-state index is 3.38. The normalized spacial score (nSPS) is 14.1. The summed E-state index contributed by atoms with van der Waals surface area (Å²) in [4.78, 5) is 0. The van der Waals surface area contributed by atoms with E-state index in [1.807, 2.05) is 0 Å². The average Bonchev–Trinajstić information content (AvgIpc) is 4.01. The Bertz CT molecular complexity index is 2220. The Hall–Kier alpha value is -3.49. The zero-order chi connectivity index (χ0) is 34.6. The SMILES string of the molecule is [CH2-]C[CH2-].[Cl-].[Cl-].[Hf].c1ccc2c(-c3cccc4[cH-]c(C5CCCC5)cc34)cccc2c1.c1ccc2c(-c3cccc4[cH-]c(C5CCCC5)cc34)cccc2c1. The van der Waals surface area contributed by atoms with Crippen LogP contribution in [0.2, 0.25) is 0 Å². The number of fused-ring (bicyclic) bond motifs is 4. The summed E-state index contributed by atoms with van der Waals surface area (Å²) in [5.41, 5.74) is 8.54. The topological polar surface area (TPSA) is 0 Å². The first kappa shape index (κ1) is 41.7. The van der Waals surface area contributed by atoms with Crippen LogP contribution in [0.3, 0.4) is 0 Å². The van der Waals surface area contributed by atoms with E-state index in [2.05, 4.69) is 159 Å². The molecule has 8 aromatic carbocycles. The third-order valence-electron chi connectivity index (χ3n) is 11.4. The van der Waals surface area contributed by atoms with Crippen molar-refractivity contribution in [2.24, 2.45) is 0 Å². The summed E-state index contributed by atoms with van der Waals surface area (Å²) < 4.78 is 0. The van der Waals surface area contributed by atoms with Gasteiger partial charge in [-0.2, -0.15) is 12.1 Å². The van der Waals surface area contributed by atoms with Gasteiger partial charge in [-0.15, -0.1) is 69.1 Å². The summed E-state index contributed by atoms with van der Waals surface area (Å²) >= 11 is 0. The van der Waals surface area contributed by atoms with E-state index in [1.54, 1.807) is 11.1 Å². The fourth-order valence-corrected chi connectivity index (χ4v) is 8.90. The molecule has 2 aliphatic rings. The van der Waals surface area contributed by atoms with Crippen LogP contribution in [-0.2, 0) is 25.8 Å². The number of benzene rings is 6. The molecule has 2 fully saturated rings. The standard InChI is InChI=1S/2C24H21.C3H6.2ClH.Hf/c2*1-2-8-17(7-1)20-15-19-11-6-14-23(24(19)16-20)22-13-5-10-18-9-3-4-12-21(18)22;1-3-2;;;/h2*3-6,9-17H,1-2,7-8H2;1-3H2;2*1H;/q2*-1;-2;;;/p-2. The Balaban J connectivity index is 0.000000184. The van der Waals surface area contributed by atoms with Gasteiger partial charge < -0.3 is 45.1 Å². The van der Waals surface area contributed by atoms with Crippen molar-refractivity contribution in [3.8, 4) is 22.3 Å². The monoisotopic (exact) mass is 910 g/mol. The van der Waals surface area contributed by atoms with E-state index in [0.717, 1.165) is 18.3 Å². The van der Waals surface area contributed by atoms with Crippen LogP contribution in [-0.4, -0.2) is 0 Å². The Kier molecular flexibility index (Phi) is 15.0. The Labute approximate surface area is 353 Å². The third kappa shape index (κ3) is 8.65. The van der Waals surface area contributed by atoms with Crippen molar-refractivity contribution < 1.29 is 50.7 Å². The van der Waals surface area contributed by atoms with Gasteiger partial charge in [0, 0.05) is 25.8 Å². The van der Waals surface area contributed by atoms with E-state index in [-0.39, 0.29) is 50.7 Å². The second kappa shape index (κ2) is 19.4. The average molecular weight is 910 g/mol. The van der Waals surface area contributed by atoms with Crippen LogP contribution in [0.1, 0.15) is 80.8 Å². The van der Waals surface area contributed by atoms with Crippen LogP contribution in [0, 0.1) is 13.8 Å². The molecule has 8 aromatic rings. The molecule has 0 unspecified atom stereocenters. The minimum absolute atomic E-state index is 0. The van der Waals surface area contributed by atoms with Crippen molar-refractivity contribution in [2.45, 2.75) is 69.6 Å². The van der Waals surface area contributed by atoms with E-state index in [1.165, 1.54) is 117 Å². The largest absolute Gasteiger partial charge is 1.00 e. The van der Waals surface area contributed by atoms with E-state index < -0.39 is 0 Å². The van der Waals surface area contributed by atoms with Gasteiger partial charge in [0.1, 0.15) is 0 Å². The van der Waals surface area contributed by atoms with Gasteiger partial charge in [-0.25, -0.2) is 0 Å². The van der Waals surface area contributed by atoms with Crippen molar-refractivity contribution >= 4 is 43.1 Å². The van der Waals surface area contributed by atoms with E-state index >= 15 is 0 Å². The molecule has 0 spiro atoms. The van der Waals surface area contributed by atoms with Gasteiger partial charge in [0.25, 0.3) is 0 Å². The summed E-state index contributed by atoms with van der Waals surface area (Å²) in [5.74, 6) is 1.55. The maximum atomic E-state index is 3.38. The fraction of sp³-hybridized carbons (Fsp3) is 0.216. The van der Waals surface area contributed by atoms with Gasteiger partial charge in [-0.05, 0) is 70.2 Å². The van der Waals surface area contributed by atoms with Gasteiger partial charge >= 0.3 is 0 Å². The molecule has 3 heteroatoms. The van der Waals surface area contributed by atoms with Crippen molar-refractivity contribution in [3.63, 3.8) is 0 Å². The molecule has 2 saturated carbocycles. The van der Waals surface area contributed by atoms with Crippen molar-refractivity contribution in [1.29, 1.82) is 0 Å². The molecule has 0 amide bonds. The molecule has 54 heavy (non-hydrogen) atoms. The van der Waals surface area contributed by atoms with Crippen LogP contribution in [0.5, 0.6) is 0 Å². The van der Waals surface area contributed by atoms with Crippen LogP contribution < -0.4 is 24.8 Å². The molecule has 10 rings (SSSR count). The minimum Gasteiger partial charge on any atom is -1.00 e. The van der Waals surface area contributed by atoms with Gasteiger partial charge in [-0.1, -0.05) is 134 Å². The van der Waals surface area contributed by atoms with E-state index in [0.29, 0.717) is 0 Å². The summed E-state index contributed by atoms with van der Waals surface area (Å²) in [5, 5.41) is 10.9. The molecule has 0 nitrogen and oxygen atoms in total. The van der Waals surface area contributed by atoms with Crippen molar-refractivity contribution in [2.75, 3.05) is 0 Å². The van der Waals surface area contributed by atoms with Crippen molar-refractivity contribution in [3.05, 3.63) is 171 Å². The minimum atomic E-state index is 0. The molecule has 0 atom stereocenters. The third-order valence-corrected chi connectivity index (χ3v) is 11.4. The molecule has 0 aromatic heterocycles. The molecule has 0 heterocycles. The molecule has 0 radical (unpaired) electrons. The summed E-state index contributed by atoms with van der Waals surface area (Å²) in [6.45, 7) is 6.75. The van der Waals surface area contributed by atoms with Crippen molar-refractivity contribution in [1.82, 2.24) is 0 Å². The number of hydrogen-bond acceptors (Lipinski definition) is 0. The summed E-state index contributed by atoms with van der Waals surface area (Å²) in [6, 6.07) is 54.0. The quantitative estimate of drug-likeness (QED) is 0.122. The molecular formula is C51H48Cl2Hf-6. The molecule has 0 aliphatic heterocycles. The summed E-state index contributed by atoms with van der Waals surface area (Å²) in [7, 11) is 0. The fourth-order valence-electron chi connectivity index (χ4n) is 8.90. The van der Waals surface area contributed by atoms with Gasteiger partial charge in [0.15, 0.2) is 0 Å². The Morgan fingerprint density at radius 1 is 0.426 bits per heavy atom. The second-order valence-corrected chi connectivity index (χ2v) is 14.6. The molecule has 2 aliphatic carbocycles. The molecule has 0 saturated heterocycles. The van der Waals surface area contributed by atoms with Crippen LogP contribution in [0.25, 0.3) is 65.3 Å².